The van der Waals surface area contributed by atoms with Crippen LogP contribution in [-0.2, 0) is 6.42 Å². The Morgan fingerprint density at radius 3 is 2.25 bits per heavy atom. The summed E-state index contributed by atoms with van der Waals surface area (Å²) in [6, 6.07) is 13.7. The van der Waals surface area contributed by atoms with Crippen molar-refractivity contribution < 1.29 is 4.92 Å². The standard InChI is InChI=1S/C15H11Cl2NO2/c16-13-6-4-12(5-7-13)15(17)10-3-11-1-8-14(9-2-11)18(19)20/h1-2,4-10H,3H2. The van der Waals surface area contributed by atoms with E-state index in [9.17, 15) is 10.1 Å². The number of nitro benzene ring substituents is 1. The van der Waals surface area contributed by atoms with E-state index in [1.54, 1.807) is 24.3 Å². The van der Waals surface area contributed by atoms with E-state index in [2.05, 4.69) is 0 Å². The molecule has 0 spiro atoms. The van der Waals surface area contributed by atoms with E-state index in [1.165, 1.54) is 12.1 Å². The summed E-state index contributed by atoms with van der Waals surface area (Å²) in [6.07, 6.45) is 2.48. The molecule has 0 bridgehead atoms. The molecule has 2 aromatic rings. The monoisotopic (exact) mass is 307 g/mol. The molecule has 20 heavy (non-hydrogen) atoms. The number of hydrogen-bond acceptors (Lipinski definition) is 2. The predicted octanol–water partition coefficient (Wildman–Crippen LogP) is 5.07. The van der Waals surface area contributed by atoms with Crippen molar-refractivity contribution in [2.75, 3.05) is 0 Å². The zero-order valence-electron chi connectivity index (χ0n) is 10.4. The summed E-state index contributed by atoms with van der Waals surface area (Å²) in [5, 5.41) is 11.8. The highest BCUT2D eigenvalue weighted by atomic mass is 35.5. The van der Waals surface area contributed by atoms with E-state index in [0.717, 1.165) is 11.1 Å². The fourth-order valence-electron chi connectivity index (χ4n) is 1.69. The lowest BCUT2D eigenvalue weighted by Crippen LogP contribution is -1.88. The van der Waals surface area contributed by atoms with Gasteiger partial charge in [0.25, 0.3) is 5.69 Å². The molecule has 102 valence electrons. The van der Waals surface area contributed by atoms with Crippen LogP contribution in [0.4, 0.5) is 5.69 Å². The molecule has 0 aliphatic heterocycles. The number of hydrogen-bond donors (Lipinski definition) is 0. The summed E-state index contributed by atoms with van der Waals surface area (Å²) in [7, 11) is 0. The van der Waals surface area contributed by atoms with Crippen molar-refractivity contribution in [3.05, 3.63) is 80.9 Å². The minimum atomic E-state index is -0.416. The first-order chi connectivity index (χ1) is 9.56. The topological polar surface area (TPSA) is 43.1 Å². The van der Waals surface area contributed by atoms with Crippen molar-refractivity contribution in [3.8, 4) is 0 Å². The third-order valence-electron chi connectivity index (χ3n) is 2.78. The molecule has 0 aromatic heterocycles. The maximum atomic E-state index is 10.6. The molecular formula is C15H11Cl2NO2. The van der Waals surface area contributed by atoms with Gasteiger partial charge in [0.05, 0.1) is 4.92 Å². The average molecular weight is 308 g/mol. The molecule has 3 nitrogen and oxygen atoms in total. The third kappa shape index (κ3) is 3.83. The van der Waals surface area contributed by atoms with E-state index >= 15 is 0 Å². The van der Waals surface area contributed by atoms with Gasteiger partial charge in [-0.3, -0.25) is 10.1 Å². The molecule has 0 fully saturated rings. The second-order valence-corrected chi connectivity index (χ2v) is 5.03. The lowest BCUT2D eigenvalue weighted by molar-refractivity contribution is -0.384. The van der Waals surface area contributed by atoms with Crippen LogP contribution in [0.15, 0.2) is 54.6 Å². The van der Waals surface area contributed by atoms with Crippen LogP contribution in [-0.4, -0.2) is 4.92 Å². The van der Waals surface area contributed by atoms with Gasteiger partial charge in [-0.25, -0.2) is 0 Å². The van der Waals surface area contributed by atoms with Crippen molar-refractivity contribution in [1.29, 1.82) is 0 Å². The largest absolute Gasteiger partial charge is 0.269 e. The van der Waals surface area contributed by atoms with E-state index < -0.39 is 4.92 Å². The zero-order valence-corrected chi connectivity index (χ0v) is 11.9. The van der Waals surface area contributed by atoms with Gasteiger partial charge >= 0.3 is 0 Å². The Hall–Kier alpha value is -1.84. The number of halogens is 2. The van der Waals surface area contributed by atoms with Crippen molar-refractivity contribution in [1.82, 2.24) is 0 Å². The first-order valence-electron chi connectivity index (χ1n) is 5.91. The Balaban J connectivity index is 2.08. The summed E-state index contributed by atoms with van der Waals surface area (Å²) in [5.74, 6) is 0. The van der Waals surface area contributed by atoms with E-state index in [4.69, 9.17) is 23.2 Å². The summed E-state index contributed by atoms with van der Waals surface area (Å²) in [6.45, 7) is 0. The van der Waals surface area contributed by atoms with Gasteiger partial charge in [0.1, 0.15) is 0 Å². The summed E-state index contributed by atoms with van der Waals surface area (Å²) >= 11 is 12.0. The molecule has 0 aliphatic carbocycles. The maximum Gasteiger partial charge on any atom is 0.269 e. The molecule has 0 atom stereocenters. The number of non-ortho nitro benzene ring substituents is 1. The normalized spacial score (nSPS) is 11.4. The Morgan fingerprint density at radius 2 is 1.70 bits per heavy atom. The van der Waals surface area contributed by atoms with Gasteiger partial charge in [0, 0.05) is 22.2 Å². The molecule has 5 heteroatoms. The van der Waals surface area contributed by atoms with E-state index in [1.807, 2.05) is 18.2 Å². The molecule has 2 rings (SSSR count). The number of rotatable bonds is 4. The highest BCUT2D eigenvalue weighted by molar-refractivity contribution is 6.48. The van der Waals surface area contributed by atoms with Gasteiger partial charge in [-0.2, -0.15) is 0 Å². The van der Waals surface area contributed by atoms with Gasteiger partial charge < -0.3 is 0 Å². The van der Waals surface area contributed by atoms with Crippen molar-refractivity contribution in [3.63, 3.8) is 0 Å². The SMILES string of the molecule is O=[N+]([O-])c1ccc(CC=C(Cl)c2ccc(Cl)cc2)cc1. The van der Waals surface area contributed by atoms with Gasteiger partial charge in [-0.05, 0) is 29.7 Å². The van der Waals surface area contributed by atoms with Gasteiger partial charge in [0.15, 0.2) is 0 Å². The molecule has 0 unspecified atom stereocenters. The second kappa shape index (κ2) is 6.55. The predicted molar refractivity (Wildman–Crippen MR) is 82.1 cm³/mol. The van der Waals surface area contributed by atoms with Crippen LogP contribution in [0, 0.1) is 10.1 Å². The summed E-state index contributed by atoms with van der Waals surface area (Å²) in [5.41, 5.74) is 1.93. The molecular weight excluding hydrogens is 297 g/mol. The Kier molecular flexibility index (Phi) is 4.77. The van der Waals surface area contributed by atoms with Crippen LogP contribution in [0.5, 0.6) is 0 Å². The van der Waals surface area contributed by atoms with Crippen molar-refractivity contribution >= 4 is 33.9 Å². The molecule has 0 aliphatic rings. The summed E-state index contributed by atoms with van der Waals surface area (Å²) < 4.78 is 0. The van der Waals surface area contributed by atoms with Crippen LogP contribution < -0.4 is 0 Å². The van der Waals surface area contributed by atoms with E-state index in [0.29, 0.717) is 16.5 Å². The van der Waals surface area contributed by atoms with Crippen LogP contribution in [0.3, 0.4) is 0 Å². The number of allylic oxidation sites excluding steroid dienone is 1. The molecule has 0 radical (unpaired) electrons. The van der Waals surface area contributed by atoms with Gasteiger partial charge in [-0.1, -0.05) is 53.5 Å². The molecule has 0 N–H and O–H groups in total. The average Bonchev–Trinajstić information content (AvgIpc) is 2.46. The van der Waals surface area contributed by atoms with Crippen molar-refractivity contribution in [2.24, 2.45) is 0 Å². The minimum Gasteiger partial charge on any atom is -0.258 e. The smallest absolute Gasteiger partial charge is 0.258 e. The van der Waals surface area contributed by atoms with Crippen molar-refractivity contribution in [2.45, 2.75) is 6.42 Å². The van der Waals surface area contributed by atoms with Crippen LogP contribution >= 0.6 is 23.2 Å². The number of nitrogens with zero attached hydrogens (tertiary/aromatic N) is 1. The first-order valence-corrected chi connectivity index (χ1v) is 6.67. The quantitative estimate of drug-likeness (QED) is 0.584. The van der Waals surface area contributed by atoms with Gasteiger partial charge in [-0.15, -0.1) is 0 Å². The molecule has 0 saturated carbocycles. The van der Waals surface area contributed by atoms with Crippen LogP contribution in [0.1, 0.15) is 11.1 Å². The Bertz CT molecular complexity index is 634. The van der Waals surface area contributed by atoms with E-state index in [-0.39, 0.29) is 5.69 Å². The first kappa shape index (κ1) is 14.6. The minimum absolute atomic E-state index is 0.0847. The Morgan fingerprint density at radius 1 is 1.10 bits per heavy atom. The maximum absolute atomic E-state index is 10.6. The van der Waals surface area contributed by atoms with Crippen LogP contribution in [0.25, 0.3) is 5.03 Å². The summed E-state index contributed by atoms with van der Waals surface area (Å²) in [4.78, 5) is 10.1. The number of benzene rings is 2. The third-order valence-corrected chi connectivity index (χ3v) is 3.41. The molecule has 0 saturated heterocycles. The fraction of sp³-hybridized carbons (Fsp3) is 0.0667. The highest BCUT2D eigenvalue weighted by Crippen LogP contribution is 2.22. The fourth-order valence-corrected chi connectivity index (χ4v) is 2.02. The molecule has 0 heterocycles. The Labute approximate surface area is 126 Å². The van der Waals surface area contributed by atoms with Gasteiger partial charge in [0.2, 0.25) is 0 Å². The lowest BCUT2D eigenvalue weighted by atomic mass is 10.1. The highest BCUT2D eigenvalue weighted by Gasteiger charge is 2.03. The molecule has 0 amide bonds. The number of nitro groups is 1. The second-order valence-electron chi connectivity index (χ2n) is 4.19. The van der Waals surface area contributed by atoms with Crippen LogP contribution in [0.2, 0.25) is 5.02 Å². The lowest BCUT2D eigenvalue weighted by Gasteiger charge is -2.01. The molecule has 2 aromatic carbocycles. The zero-order chi connectivity index (χ0) is 14.5.